The van der Waals surface area contributed by atoms with E-state index in [1.807, 2.05) is 0 Å². The van der Waals surface area contributed by atoms with E-state index < -0.39 is 0 Å². The lowest BCUT2D eigenvalue weighted by Gasteiger charge is -2.27. The maximum Gasteiger partial charge on any atom is 0.145 e. The van der Waals surface area contributed by atoms with Gasteiger partial charge in [-0.2, -0.15) is 0 Å². The van der Waals surface area contributed by atoms with E-state index in [1.165, 1.54) is 66.4 Å². The molecule has 338 valence electrons. The minimum absolute atomic E-state index is 0.859. The summed E-state index contributed by atoms with van der Waals surface area (Å²) in [7, 11) is 0. The van der Waals surface area contributed by atoms with E-state index in [9.17, 15) is 0 Å². The molecule has 0 aliphatic rings. The minimum Gasteiger partial charge on any atom is -0.455 e. The summed E-state index contributed by atoms with van der Waals surface area (Å²) in [6.45, 7) is 0. The van der Waals surface area contributed by atoms with E-state index in [2.05, 4.69) is 290 Å². The molecule has 0 N–H and O–H groups in total. The highest BCUT2D eigenvalue weighted by Crippen LogP contribution is 2.47. The second-order valence-corrected chi connectivity index (χ2v) is 18.4. The van der Waals surface area contributed by atoms with Crippen molar-refractivity contribution in [1.82, 2.24) is 0 Å². The summed E-state index contributed by atoms with van der Waals surface area (Å²) >= 11 is 0. The Morgan fingerprint density at radius 3 is 1.38 bits per heavy atom. The second kappa shape index (κ2) is 18.4. The van der Waals surface area contributed by atoms with Crippen LogP contribution in [0.3, 0.4) is 0 Å². The molecule has 0 unspecified atom stereocenters. The van der Waals surface area contributed by atoms with Crippen molar-refractivity contribution in [3.05, 3.63) is 285 Å². The topological polar surface area (TPSA) is 16.4 Å². The zero-order chi connectivity index (χ0) is 47.8. The van der Waals surface area contributed by atoms with Gasteiger partial charge in [0.1, 0.15) is 11.2 Å². The van der Waals surface area contributed by atoms with Gasteiger partial charge in [-0.15, -0.1) is 0 Å². The average molecular weight is 918 g/mol. The smallest absolute Gasteiger partial charge is 0.145 e. The maximum atomic E-state index is 6.83. The summed E-state index contributed by atoms with van der Waals surface area (Å²) in [5, 5.41) is 4.64. The Bertz CT molecular complexity index is 4000. The van der Waals surface area contributed by atoms with Crippen LogP contribution in [-0.4, -0.2) is 0 Å². The van der Waals surface area contributed by atoms with Crippen molar-refractivity contribution in [2.24, 2.45) is 0 Å². The summed E-state index contributed by atoms with van der Waals surface area (Å²) in [6.07, 6.45) is 0. The van der Waals surface area contributed by atoms with Crippen molar-refractivity contribution in [1.29, 1.82) is 0 Å². The predicted molar refractivity (Wildman–Crippen MR) is 304 cm³/mol. The van der Waals surface area contributed by atoms with Gasteiger partial charge in [0.15, 0.2) is 0 Å². The molecule has 0 radical (unpaired) electrons. The quantitative estimate of drug-likeness (QED) is 0.136. The standard InChI is InChI=1S/C70H47NO/c1-4-18-48(19-5-1)56-45-57(49-20-6-2-7-21-49)47-58(46-56)64-30-13-12-29-62(64)53-36-40-60(41-37-53)71(67-43-42-65(52-22-8-3-9-23-52)70-69(67)66-31-14-15-33-68(66)72-70)59-38-34-50(35-39-59)54-26-16-27-55(44-54)63-32-17-25-51-24-10-11-28-61(51)63/h1-47H. The third kappa shape index (κ3) is 7.92. The minimum atomic E-state index is 0.859. The van der Waals surface area contributed by atoms with Crippen LogP contribution in [0.1, 0.15) is 0 Å². The molecular weight excluding hydrogens is 871 g/mol. The molecule has 0 aliphatic heterocycles. The lowest BCUT2D eigenvalue weighted by atomic mass is 9.89. The van der Waals surface area contributed by atoms with Gasteiger partial charge in [0.05, 0.1) is 11.1 Å². The predicted octanol–water partition coefficient (Wildman–Crippen LogP) is 19.9. The van der Waals surface area contributed by atoms with Gasteiger partial charge in [-0.25, -0.2) is 0 Å². The molecule has 0 atom stereocenters. The summed E-state index contributed by atoms with van der Waals surface area (Å²) in [6, 6.07) is 103. The Labute approximate surface area is 420 Å². The molecule has 1 aromatic heterocycles. The van der Waals surface area contributed by atoms with Crippen LogP contribution in [0.5, 0.6) is 0 Å². The molecule has 0 saturated carbocycles. The van der Waals surface area contributed by atoms with E-state index in [0.29, 0.717) is 0 Å². The van der Waals surface area contributed by atoms with Crippen LogP contribution < -0.4 is 4.90 Å². The first kappa shape index (κ1) is 42.6. The van der Waals surface area contributed by atoms with Gasteiger partial charge in [-0.3, -0.25) is 0 Å². The van der Waals surface area contributed by atoms with Crippen molar-refractivity contribution in [2.75, 3.05) is 4.90 Å². The number of fused-ring (bicyclic) bond motifs is 4. The van der Waals surface area contributed by atoms with Gasteiger partial charge >= 0.3 is 0 Å². The molecule has 0 amide bonds. The SMILES string of the molecule is c1ccc(-c2cc(-c3ccccc3)cc(-c3ccccc3-c3ccc(N(c4ccc(-c5cccc(-c6cccc7ccccc67)c5)cc4)c4ccc(-c5ccccc5)c5oc6ccccc6c45)cc3)c2)cc1. The molecule has 0 fully saturated rings. The molecule has 13 rings (SSSR count). The molecule has 2 nitrogen and oxygen atoms in total. The molecule has 0 spiro atoms. The first-order chi connectivity index (χ1) is 35.7. The third-order valence-electron chi connectivity index (χ3n) is 14.1. The molecule has 0 saturated heterocycles. The molecule has 0 aliphatic carbocycles. The number of anilines is 3. The van der Waals surface area contributed by atoms with E-state index in [-0.39, 0.29) is 0 Å². The number of rotatable bonds is 10. The number of furan rings is 1. The lowest BCUT2D eigenvalue weighted by Crippen LogP contribution is -2.10. The number of hydrogen-bond acceptors (Lipinski definition) is 2. The lowest BCUT2D eigenvalue weighted by molar-refractivity contribution is 0.670. The number of hydrogen-bond donors (Lipinski definition) is 0. The first-order valence-electron chi connectivity index (χ1n) is 24.6. The van der Waals surface area contributed by atoms with Crippen LogP contribution in [0.4, 0.5) is 17.1 Å². The third-order valence-corrected chi connectivity index (χ3v) is 14.1. The Morgan fingerprint density at radius 2 is 0.694 bits per heavy atom. The molecule has 13 aromatic rings. The van der Waals surface area contributed by atoms with E-state index in [0.717, 1.165) is 61.3 Å². The highest BCUT2D eigenvalue weighted by Gasteiger charge is 2.23. The fourth-order valence-corrected chi connectivity index (χ4v) is 10.6. The van der Waals surface area contributed by atoms with Gasteiger partial charge in [0.2, 0.25) is 0 Å². The van der Waals surface area contributed by atoms with Crippen LogP contribution in [0.15, 0.2) is 290 Å². The molecule has 72 heavy (non-hydrogen) atoms. The van der Waals surface area contributed by atoms with Crippen LogP contribution in [0, 0.1) is 0 Å². The van der Waals surface area contributed by atoms with Crippen LogP contribution in [-0.2, 0) is 0 Å². The Kier molecular flexibility index (Phi) is 10.9. The number of para-hydroxylation sites is 1. The van der Waals surface area contributed by atoms with Gasteiger partial charge in [-0.05, 0) is 150 Å². The van der Waals surface area contributed by atoms with Gasteiger partial charge < -0.3 is 9.32 Å². The summed E-state index contributed by atoms with van der Waals surface area (Å²) in [4.78, 5) is 2.39. The molecule has 0 bridgehead atoms. The maximum absolute atomic E-state index is 6.83. The summed E-state index contributed by atoms with van der Waals surface area (Å²) < 4.78 is 6.83. The summed E-state index contributed by atoms with van der Waals surface area (Å²) in [5.74, 6) is 0. The van der Waals surface area contributed by atoms with Crippen molar-refractivity contribution < 1.29 is 4.42 Å². The monoisotopic (exact) mass is 917 g/mol. The highest BCUT2D eigenvalue weighted by atomic mass is 16.3. The van der Waals surface area contributed by atoms with Crippen molar-refractivity contribution >= 4 is 49.8 Å². The summed E-state index contributed by atoms with van der Waals surface area (Å²) in [5.41, 5.74) is 21.2. The van der Waals surface area contributed by atoms with Crippen molar-refractivity contribution in [2.45, 2.75) is 0 Å². The van der Waals surface area contributed by atoms with Gasteiger partial charge in [0.25, 0.3) is 0 Å². The average Bonchev–Trinajstić information content (AvgIpc) is 3.86. The fraction of sp³-hybridized carbons (Fsp3) is 0. The van der Waals surface area contributed by atoms with E-state index in [1.54, 1.807) is 0 Å². The molecule has 2 heteroatoms. The van der Waals surface area contributed by atoms with Gasteiger partial charge in [-0.1, -0.05) is 218 Å². The largest absolute Gasteiger partial charge is 0.455 e. The van der Waals surface area contributed by atoms with E-state index >= 15 is 0 Å². The van der Waals surface area contributed by atoms with Gasteiger partial charge in [0, 0.05) is 22.3 Å². The second-order valence-electron chi connectivity index (χ2n) is 18.4. The Hall–Kier alpha value is -9.50. The Balaban J connectivity index is 0.939. The first-order valence-corrected chi connectivity index (χ1v) is 24.6. The molecule has 12 aromatic carbocycles. The number of benzene rings is 12. The van der Waals surface area contributed by atoms with Crippen LogP contribution in [0.25, 0.3) is 111 Å². The van der Waals surface area contributed by atoms with E-state index in [4.69, 9.17) is 4.42 Å². The zero-order valence-corrected chi connectivity index (χ0v) is 39.5. The van der Waals surface area contributed by atoms with Crippen LogP contribution in [0.2, 0.25) is 0 Å². The van der Waals surface area contributed by atoms with Crippen molar-refractivity contribution in [3.63, 3.8) is 0 Å². The van der Waals surface area contributed by atoms with Crippen LogP contribution >= 0.6 is 0 Å². The molecule has 1 heterocycles. The zero-order valence-electron chi connectivity index (χ0n) is 39.5. The normalized spacial score (nSPS) is 11.3. The van der Waals surface area contributed by atoms with Crippen molar-refractivity contribution in [3.8, 4) is 77.9 Å². The number of nitrogens with zero attached hydrogens (tertiary/aromatic N) is 1. The fourth-order valence-electron chi connectivity index (χ4n) is 10.6. The molecular formula is C70H47NO. The Morgan fingerprint density at radius 1 is 0.250 bits per heavy atom. The highest BCUT2D eigenvalue weighted by molar-refractivity contribution is 6.17.